The average Bonchev–Trinajstić information content (AvgIpc) is 2.26. The Hall–Kier alpha value is -1.00. The van der Waals surface area contributed by atoms with Crippen LogP contribution in [0.25, 0.3) is 0 Å². The van der Waals surface area contributed by atoms with Gasteiger partial charge in [0.25, 0.3) is 5.69 Å². The van der Waals surface area contributed by atoms with E-state index in [1.165, 1.54) is 18.6 Å². The van der Waals surface area contributed by atoms with Crippen LogP contribution in [0.5, 0.6) is 0 Å². The molecular weight excluding hydrogens is 275 g/mol. The second-order valence-electron chi connectivity index (χ2n) is 4.65. The molecule has 0 unspecified atom stereocenters. The third-order valence-corrected chi connectivity index (χ3v) is 4.21. The lowest BCUT2D eigenvalue weighted by atomic mass is 9.74. The van der Waals surface area contributed by atoms with E-state index in [-0.39, 0.29) is 11.2 Å². The minimum atomic E-state index is -0.500. The zero-order valence-electron chi connectivity index (χ0n) is 10.0. The average molecular weight is 289 g/mol. The molecule has 2 rings (SSSR count). The van der Waals surface area contributed by atoms with Gasteiger partial charge in [0.1, 0.15) is 0 Å². The van der Waals surface area contributed by atoms with Crippen LogP contribution in [0.4, 0.5) is 11.4 Å². The largest absolute Gasteiger partial charge is 0.377 e. The SMILES string of the molecule is CCC1(Nc2c(Cl)cc([N+](=O)[O-])cc2Cl)CCC1. The van der Waals surface area contributed by atoms with E-state index in [0.717, 1.165) is 19.3 Å². The van der Waals surface area contributed by atoms with Gasteiger partial charge in [-0.2, -0.15) is 0 Å². The van der Waals surface area contributed by atoms with Crippen LogP contribution < -0.4 is 5.32 Å². The Kier molecular flexibility index (Phi) is 3.69. The van der Waals surface area contributed by atoms with Crippen LogP contribution in [0.15, 0.2) is 12.1 Å². The predicted molar refractivity (Wildman–Crippen MR) is 73.6 cm³/mol. The molecule has 1 aromatic carbocycles. The Morgan fingerprint density at radius 2 is 1.94 bits per heavy atom. The molecule has 0 bridgehead atoms. The minimum absolute atomic E-state index is 0.0451. The van der Waals surface area contributed by atoms with Gasteiger partial charge in [-0.3, -0.25) is 10.1 Å². The Morgan fingerprint density at radius 1 is 1.39 bits per heavy atom. The van der Waals surface area contributed by atoms with E-state index in [9.17, 15) is 10.1 Å². The third-order valence-electron chi connectivity index (χ3n) is 3.62. The summed E-state index contributed by atoms with van der Waals surface area (Å²) in [5.74, 6) is 0. The van der Waals surface area contributed by atoms with E-state index < -0.39 is 4.92 Å². The molecule has 1 aliphatic rings. The smallest absolute Gasteiger partial charge is 0.272 e. The highest BCUT2D eigenvalue weighted by atomic mass is 35.5. The second-order valence-corrected chi connectivity index (χ2v) is 5.47. The summed E-state index contributed by atoms with van der Waals surface area (Å²) in [5.41, 5.74) is 0.559. The van der Waals surface area contributed by atoms with Crippen LogP contribution >= 0.6 is 23.2 Å². The topological polar surface area (TPSA) is 55.2 Å². The van der Waals surface area contributed by atoms with Crippen molar-refractivity contribution in [3.8, 4) is 0 Å². The van der Waals surface area contributed by atoms with Gasteiger partial charge in [0.05, 0.1) is 20.7 Å². The summed E-state index contributed by atoms with van der Waals surface area (Å²) in [4.78, 5) is 10.2. The van der Waals surface area contributed by atoms with Gasteiger partial charge < -0.3 is 5.32 Å². The number of nitrogens with zero attached hydrogens (tertiary/aromatic N) is 1. The fraction of sp³-hybridized carbons (Fsp3) is 0.500. The van der Waals surface area contributed by atoms with E-state index in [1.807, 2.05) is 0 Å². The number of non-ortho nitro benzene ring substituents is 1. The maximum Gasteiger partial charge on any atom is 0.272 e. The molecule has 6 heteroatoms. The monoisotopic (exact) mass is 288 g/mol. The number of benzene rings is 1. The number of nitrogens with one attached hydrogen (secondary N) is 1. The van der Waals surface area contributed by atoms with Crippen molar-refractivity contribution >= 4 is 34.6 Å². The predicted octanol–water partition coefficient (Wildman–Crippen LogP) is 4.65. The van der Waals surface area contributed by atoms with E-state index in [4.69, 9.17) is 23.2 Å². The van der Waals surface area contributed by atoms with Gasteiger partial charge >= 0.3 is 0 Å². The molecule has 0 radical (unpaired) electrons. The highest BCUT2D eigenvalue weighted by molar-refractivity contribution is 6.39. The van der Waals surface area contributed by atoms with E-state index in [1.54, 1.807) is 0 Å². The van der Waals surface area contributed by atoms with Crippen LogP contribution in [0.2, 0.25) is 10.0 Å². The molecular formula is C12H14Cl2N2O2. The highest BCUT2D eigenvalue weighted by Crippen LogP contribution is 2.43. The maximum absolute atomic E-state index is 10.7. The molecule has 0 heterocycles. The van der Waals surface area contributed by atoms with E-state index >= 15 is 0 Å². The Bertz CT molecular complexity index is 458. The maximum atomic E-state index is 10.7. The highest BCUT2D eigenvalue weighted by Gasteiger charge is 2.36. The summed E-state index contributed by atoms with van der Waals surface area (Å²) in [7, 11) is 0. The molecule has 0 saturated heterocycles. The van der Waals surface area contributed by atoms with Crippen LogP contribution in [0.3, 0.4) is 0 Å². The third kappa shape index (κ3) is 2.40. The quantitative estimate of drug-likeness (QED) is 0.648. The molecule has 0 atom stereocenters. The molecule has 1 N–H and O–H groups in total. The van der Waals surface area contributed by atoms with E-state index in [2.05, 4.69) is 12.2 Å². The standard InChI is InChI=1S/C12H14Cl2N2O2/c1-2-12(4-3-5-12)15-11-9(13)6-8(16(17)18)7-10(11)14/h6-7,15H,2-5H2,1H3. The molecule has 1 saturated carbocycles. The number of anilines is 1. The van der Waals surface area contributed by atoms with E-state index in [0.29, 0.717) is 15.7 Å². The number of nitro benzene ring substituents is 1. The molecule has 0 amide bonds. The molecule has 1 aromatic rings. The zero-order chi connectivity index (χ0) is 13.3. The number of hydrogen-bond donors (Lipinski definition) is 1. The lowest BCUT2D eigenvalue weighted by Crippen LogP contribution is -2.44. The summed E-state index contributed by atoms with van der Waals surface area (Å²) in [6.07, 6.45) is 4.32. The Labute approximate surface area is 115 Å². The van der Waals surface area contributed by atoms with Gasteiger partial charge in [-0.05, 0) is 25.7 Å². The molecule has 0 aromatic heterocycles. The Morgan fingerprint density at radius 3 is 2.28 bits per heavy atom. The fourth-order valence-corrected chi connectivity index (χ4v) is 2.79. The van der Waals surface area contributed by atoms with Crippen molar-refractivity contribution in [1.29, 1.82) is 0 Å². The molecule has 0 spiro atoms. The van der Waals surface area contributed by atoms with Gasteiger partial charge in [-0.1, -0.05) is 30.1 Å². The van der Waals surface area contributed by atoms with Crippen molar-refractivity contribution < 1.29 is 4.92 Å². The van der Waals surface area contributed by atoms with Gasteiger partial charge in [-0.15, -0.1) is 0 Å². The summed E-state index contributed by atoms with van der Waals surface area (Å²) in [6.45, 7) is 2.11. The summed E-state index contributed by atoms with van der Waals surface area (Å²) >= 11 is 12.1. The van der Waals surface area contributed by atoms with Crippen molar-refractivity contribution in [2.75, 3.05) is 5.32 Å². The number of nitro groups is 1. The number of hydrogen-bond acceptors (Lipinski definition) is 3. The van der Waals surface area contributed by atoms with Crippen LogP contribution in [-0.4, -0.2) is 10.5 Å². The number of halogens is 2. The first-order chi connectivity index (χ1) is 8.47. The lowest BCUT2D eigenvalue weighted by Gasteiger charge is -2.43. The van der Waals surface area contributed by atoms with Gasteiger partial charge in [0, 0.05) is 17.7 Å². The van der Waals surface area contributed by atoms with Crippen molar-refractivity contribution in [3.63, 3.8) is 0 Å². The van der Waals surface area contributed by atoms with Crippen LogP contribution in [-0.2, 0) is 0 Å². The summed E-state index contributed by atoms with van der Waals surface area (Å²) in [6, 6.07) is 2.66. The normalized spacial score (nSPS) is 17.1. The van der Waals surface area contributed by atoms with Crippen molar-refractivity contribution in [2.24, 2.45) is 0 Å². The molecule has 1 fully saturated rings. The van der Waals surface area contributed by atoms with Crippen molar-refractivity contribution in [3.05, 3.63) is 32.3 Å². The van der Waals surface area contributed by atoms with Crippen LogP contribution in [0.1, 0.15) is 32.6 Å². The molecule has 1 aliphatic carbocycles. The molecule has 4 nitrogen and oxygen atoms in total. The number of rotatable bonds is 4. The van der Waals surface area contributed by atoms with Crippen molar-refractivity contribution in [1.82, 2.24) is 0 Å². The van der Waals surface area contributed by atoms with Gasteiger partial charge in [0.2, 0.25) is 0 Å². The first kappa shape index (κ1) is 13.4. The fourth-order valence-electron chi connectivity index (χ4n) is 2.22. The summed E-state index contributed by atoms with van der Waals surface area (Å²) in [5, 5.41) is 14.7. The molecule has 0 aliphatic heterocycles. The second kappa shape index (κ2) is 4.94. The molecule has 18 heavy (non-hydrogen) atoms. The first-order valence-electron chi connectivity index (χ1n) is 5.89. The lowest BCUT2D eigenvalue weighted by molar-refractivity contribution is -0.384. The van der Waals surface area contributed by atoms with Gasteiger partial charge in [-0.25, -0.2) is 0 Å². The minimum Gasteiger partial charge on any atom is -0.377 e. The van der Waals surface area contributed by atoms with Crippen molar-refractivity contribution in [2.45, 2.75) is 38.1 Å². The molecule has 98 valence electrons. The zero-order valence-corrected chi connectivity index (χ0v) is 11.5. The van der Waals surface area contributed by atoms with Crippen LogP contribution in [0, 0.1) is 10.1 Å². The Balaban J connectivity index is 2.31. The first-order valence-corrected chi connectivity index (χ1v) is 6.65. The summed E-state index contributed by atoms with van der Waals surface area (Å²) < 4.78 is 0. The van der Waals surface area contributed by atoms with Gasteiger partial charge in [0.15, 0.2) is 0 Å².